The normalized spacial score (nSPS) is 34.0. The molecule has 1 aromatic heterocycles. The van der Waals surface area contributed by atoms with E-state index in [0.29, 0.717) is 31.5 Å². The first-order chi connectivity index (χ1) is 11.6. The Kier molecular flexibility index (Phi) is 2.42. The van der Waals surface area contributed by atoms with Crippen LogP contribution in [0.25, 0.3) is 15.6 Å². The molecule has 1 atom stereocenters. The SMILES string of the molecule is [C-]#[N+][C@@H]1CN(C23CC(F)(C2)C3)C(=O)N1c1cncc2ccccc12. The van der Waals surface area contributed by atoms with E-state index in [9.17, 15) is 9.18 Å². The molecule has 2 heterocycles. The molecule has 1 aliphatic heterocycles. The predicted molar refractivity (Wildman–Crippen MR) is 87.1 cm³/mol. The first-order valence-electron chi connectivity index (χ1n) is 8.04. The molecule has 6 heteroatoms. The number of carbonyl (C=O) groups excluding carboxylic acids is 1. The Morgan fingerprint density at radius 1 is 1.25 bits per heavy atom. The van der Waals surface area contributed by atoms with Crippen molar-refractivity contribution in [3.63, 3.8) is 0 Å². The summed E-state index contributed by atoms with van der Waals surface area (Å²) in [6.45, 7) is 7.84. The quantitative estimate of drug-likeness (QED) is 0.796. The van der Waals surface area contributed by atoms with Crippen LogP contribution >= 0.6 is 0 Å². The van der Waals surface area contributed by atoms with Gasteiger partial charge < -0.3 is 4.90 Å². The van der Waals surface area contributed by atoms with Crippen molar-refractivity contribution in [2.45, 2.75) is 36.6 Å². The number of rotatable bonds is 2. The van der Waals surface area contributed by atoms with Gasteiger partial charge in [0.05, 0.1) is 17.4 Å². The Hall–Kier alpha value is -2.68. The first kappa shape index (κ1) is 13.7. The van der Waals surface area contributed by atoms with Crippen LogP contribution in [0.4, 0.5) is 14.9 Å². The highest BCUT2D eigenvalue weighted by Crippen LogP contribution is 2.66. The number of pyridine rings is 1. The maximum Gasteiger partial charge on any atom is 0.331 e. The number of halogens is 1. The van der Waals surface area contributed by atoms with E-state index in [-0.39, 0.29) is 11.6 Å². The van der Waals surface area contributed by atoms with Gasteiger partial charge in [-0.3, -0.25) is 9.83 Å². The molecule has 2 aromatic rings. The summed E-state index contributed by atoms with van der Waals surface area (Å²) in [7, 11) is 0. The van der Waals surface area contributed by atoms with Crippen molar-refractivity contribution in [1.29, 1.82) is 0 Å². The Bertz CT molecular complexity index is 896. The van der Waals surface area contributed by atoms with Crippen molar-refractivity contribution >= 4 is 22.5 Å². The molecule has 1 saturated heterocycles. The molecule has 2 bridgehead atoms. The molecule has 6 rings (SSSR count). The number of nitrogens with zero attached hydrogens (tertiary/aromatic N) is 4. The number of fused-ring (bicyclic) bond motifs is 1. The minimum absolute atomic E-state index is 0.198. The summed E-state index contributed by atoms with van der Waals surface area (Å²) in [5.41, 5.74) is -0.771. The Balaban J connectivity index is 1.57. The summed E-state index contributed by atoms with van der Waals surface area (Å²) in [5, 5.41) is 1.83. The van der Waals surface area contributed by atoms with E-state index >= 15 is 0 Å². The lowest BCUT2D eigenvalue weighted by Gasteiger charge is -2.68. The molecule has 24 heavy (non-hydrogen) atoms. The lowest BCUT2D eigenvalue weighted by molar-refractivity contribution is -0.208. The van der Waals surface area contributed by atoms with Crippen LogP contribution in [-0.4, -0.2) is 39.8 Å². The van der Waals surface area contributed by atoms with Gasteiger partial charge in [-0.1, -0.05) is 24.3 Å². The summed E-state index contributed by atoms with van der Waals surface area (Å²) in [4.78, 5) is 24.2. The Morgan fingerprint density at radius 3 is 2.71 bits per heavy atom. The highest BCUT2D eigenvalue weighted by atomic mass is 19.1. The van der Waals surface area contributed by atoms with Crippen molar-refractivity contribution < 1.29 is 9.18 Å². The summed E-state index contributed by atoms with van der Waals surface area (Å²) < 4.78 is 13.9. The molecule has 3 aliphatic carbocycles. The lowest BCUT2D eigenvalue weighted by Crippen LogP contribution is -2.77. The van der Waals surface area contributed by atoms with Gasteiger partial charge >= 0.3 is 12.2 Å². The van der Waals surface area contributed by atoms with Crippen LogP contribution in [-0.2, 0) is 0 Å². The fraction of sp³-hybridized carbons (Fsp3) is 0.389. The van der Waals surface area contributed by atoms with Crippen LogP contribution in [0.2, 0.25) is 0 Å². The van der Waals surface area contributed by atoms with Gasteiger partial charge in [0, 0.05) is 36.2 Å². The topological polar surface area (TPSA) is 40.8 Å². The van der Waals surface area contributed by atoms with Gasteiger partial charge in [0.25, 0.3) is 0 Å². The molecule has 4 fully saturated rings. The van der Waals surface area contributed by atoms with Gasteiger partial charge in [-0.05, 0) is 0 Å². The van der Waals surface area contributed by atoms with E-state index in [1.165, 1.54) is 4.90 Å². The van der Waals surface area contributed by atoms with E-state index in [0.717, 1.165) is 10.8 Å². The number of anilines is 1. The van der Waals surface area contributed by atoms with Crippen LogP contribution in [0.15, 0.2) is 36.7 Å². The fourth-order valence-electron chi connectivity index (χ4n) is 4.53. The second-order valence-corrected chi connectivity index (χ2v) is 7.16. The molecule has 0 spiro atoms. The molecule has 2 amide bonds. The minimum atomic E-state index is -1.07. The second kappa shape index (κ2) is 4.23. The van der Waals surface area contributed by atoms with Crippen LogP contribution in [0, 0.1) is 6.57 Å². The van der Waals surface area contributed by atoms with Crippen molar-refractivity contribution in [2.24, 2.45) is 0 Å². The van der Waals surface area contributed by atoms with Crippen LogP contribution in [0.5, 0.6) is 0 Å². The minimum Gasteiger partial charge on any atom is -0.308 e. The molecule has 3 saturated carbocycles. The lowest BCUT2D eigenvalue weighted by atomic mass is 9.47. The monoisotopic (exact) mass is 322 g/mol. The van der Waals surface area contributed by atoms with Crippen LogP contribution < -0.4 is 4.90 Å². The smallest absolute Gasteiger partial charge is 0.308 e. The highest BCUT2D eigenvalue weighted by molar-refractivity contribution is 6.04. The zero-order valence-electron chi connectivity index (χ0n) is 12.9. The molecular weight excluding hydrogens is 307 g/mol. The highest BCUT2D eigenvalue weighted by Gasteiger charge is 2.74. The van der Waals surface area contributed by atoms with Crippen molar-refractivity contribution in [3.05, 3.63) is 48.1 Å². The van der Waals surface area contributed by atoms with Crippen molar-refractivity contribution in [1.82, 2.24) is 9.88 Å². The van der Waals surface area contributed by atoms with Gasteiger partial charge in [0.15, 0.2) is 0 Å². The summed E-state index contributed by atoms with van der Waals surface area (Å²) in [5.74, 6) is 0. The van der Waals surface area contributed by atoms with E-state index in [1.807, 2.05) is 24.3 Å². The molecule has 0 radical (unpaired) electrons. The largest absolute Gasteiger partial charge is 0.331 e. The fourth-order valence-corrected chi connectivity index (χ4v) is 4.53. The van der Waals surface area contributed by atoms with Gasteiger partial charge in [-0.2, -0.15) is 0 Å². The maximum atomic E-state index is 13.9. The van der Waals surface area contributed by atoms with E-state index in [2.05, 4.69) is 9.83 Å². The first-order valence-corrected chi connectivity index (χ1v) is 8.04. The molecule has 5 nitrogen and oxygen atoms in total. The molecule has 1 aromatic carbocycles. The van der Waals surface area contributed by atoms with Crippen LogP contribution in [0.1, 0.15) is 19.3 Å². The summed E-state index contributed by atoms with van der Waals surface area (Å²) in [6.07, 6.45) is 4.04. The molecule has 120 valence electrons. The molecular formula is C18H15FN4O. The number of hydrogen-bond acceptors (Lipinski definition) is 2. The predicted octanol–water partition coefficient (Wildman–Crippen LogP) is 3.37. The number of benzene rings is 1. The summed E-state index contributed by atoms with van der Waals surface area (Å²) in [6, 6.07) is 7.49. The number of aromatic nitrogens is 1. The maximum absolute atomic E-state index is 13.9. The average molecular weight is 322 g/mol. The van der Waals surface area contributed by atoms with Gasteiger partial charge in [0.1, 0.15) is 12.2 Å². The molecule has 4 aliphatic rings. The van der Waals surface area contributed by atoms with Gasteiger partial charge in [-0.15, -0.1) is 0 Å². The third-order valence-corrected chi connectivity index (χ3v) is 5.65. The van der Waals surface area contributed by atoms with E-state index in [1.54, 1.807) is 17.3 Å². The number of alkyl halides is 1. The average Bonchev–Trinajstić information content (AvgIpc) is 2.87. The standard InChI is InChI=1S/C18H15FN4O/c1-20-15-8-22(18-9-17(19,10-18)11-18)16(24)23(15)14-7-21-6-12-4-2-3-5-13(12)14/h2-7,15H,8-11H2/t15-,17?,18?/m0/s1. The van der Waals surface area contributed by atoms with Crippen molar-refractivity contribution in [3.8, 4) is 0 Å². The molecule has 0 unspecified atom stereocenters. The zero-order valence-corrected chi connectivity index (χ0v) is 12.9. The summed E-state index contributed by atoms with van der Waals surface area (Å²) >= 11 is 0. The number of hydrogen-bond donors (Lipinski definition) is 0. The number of urea groups is 1. The van der Waals surface area contributed by atoms with E-state index in [4.69, 9.17) is 6.57 Å². The third-order valence-electron chi connectivity index (χ3n) is 5.65. The van der Waals surface area contributed by atoms with Gasteiger partial charge in [-0.25, -0.2) is 20.7 Å². The second-order valence-electron chi connectivity index (χ2n) is 7.16. The van der Waals surface area contributed by atoms with Gasteiger partial charge in [0.2, 0.25) is 0 Å². The molecule has 0 N–H and O–H groups in total. The van der Waals surface area contributed by atoms with Crippen molar-refractivity contribution in [2.75, 3.05) is 11.4 Å². The number of amides is 2. The van der Waals surface area contributed by atoms with Crippen LogP contribution in [0.3, 0.4) is 0 Å². The number of carbonyl (C=O) groups is 1. The van der Waals surface area contributed by atoms with E-state index < -0.39 is 11.8 Å². The Labute approximate surface area is 138 Å². The zero-order chi connectivity index (χ0) is 16.5. The Morgan fingerprint density at radius 2 is 2.00 bits per heavy atom. The third kappa shape index (κ3) is 1.57.